The molecule has 0 aliphatic heterocycles. The smallest absolute Gasteiger partial charge is 0.191 e. The number of nitrogens with zero attached hydrogens (tertiary/aromatic N) is 3. The van der Waals surface area contributed by atoms with Crippen molar-refractivity contribution in [2.45, 2.75) is 44.0 Å². The van der Waals surface area contributed by atoms with Crippen LogP contribution >= 0.6 is 11.8 Å². The molecule has 1 aromatic carbocycles. The highest BCUT2D eigenvalue weighted by Crippen LogP contribution is 2.28. The van der Waals surface area contributed by atoms with Crippen LogP contribution in [0.15, 0.2) is 48.1 Å². The van der Waals surface area contributed by atoms with Crippen LogP contribution in [0, 0.1) is 0 Å². The van der Waals surface area contributed by atoms with E-state index in [-0.39, 0.29) is 0 Å². The summed E-state index contributed by atoms with van der Waals surface area (Å²) in [5, 5.41) is 19.9. The maximum Gasteiger partial charge on any atom is 0.191 e. The van der Waals surface area contributed by atoms with Gasteiger partial charge in [-0.05, 0) is 12.8 Å². The van der Waals surface area contributed by atoms with Crippen LogP contribution < -0.4 is 0 Å². The first-order valence-electron chi connectivity index (χ1n) is 7.58. The molecule has 5 heteroatoms. The quantitative estimate of drug-likeness (QED) is 0.595. The SMILES string of the molecule is C=CCn1c(SCC(O)(CC)CC)nnc1-c1ccccc1. The van der Waals surface area contributed by atoms with E-state index in [1.807, 2.05) is 54.8 Å². The Bertz CT molecular complexity index is 606. The summed E-state index contributed by atoms with van der Waals surface area (Å²) in [6, 6.07) is 10.00. The lowest BCUT2D eigenvalue weighted by Gasteiger charge is -2.24. The van der Waals surface area contributed by atoms with Crippen LogP contribution in [0.2, 0.25) is 0 Å². The van der Waals surface area contributed by atoms with Gasteiger partial charge in [0.2, 0.25) is 0 Å². The summed E-state index contributed by atoms with van der Waals surface area (Å²) in [6.07, 6.45) is 3.31. The largest absolute Gasteiger partial charge is 0.389 e. The van der Waals surface area contributed by atoms with Crippen molar-refractivity contribution >= 4 is 11.8 Å². The van der Waals surface area contributed by atoms with Crippen LogP contribution in [0.4, 0.5) is 0 Å². The number of aromatic nitrogens is 3. The second-order valence-electron chi connectivity index (χ2n) is 5.29. The van der Waals surface area contributed by atoms with Crippen molar-refractivity contribution in [3.05, 3.63) is 43.0 Å². The minimum absolute atomic E-state index is 0.615. The number of allylic oxidation sites excluding steroid dienone is 1. The predicted octanol–water partition coefficient (Wildman–Crippen LogP) is 3.77. The van der Waals surface area contributed by atoms with E-state index in [9.17, 15) is 5.11 Å². The van der Waals surface area contributed by atoms with Crippen LogP contribution in [0.1, 0.15) is 26.7 Å². The minimum atomic E-state index is -0.650. The molecular formula is C17H23N3OS. The van der Waals surface area contributed by atoms with Crippen molar-refractivity contribution in [2.24, 2.45) is 0 Å². The van der Waals surface area contributed by atoms with Crippen molar-refractivity contribution < 1.29 is 5.11 Å². The summed E-state index contributed by atoms with van der Waals surface area (Å²) in [5.74, 6) is 1.45. The first-order valence-corrected chi connectivity index (χ1v) is 8.56. The van der Waals surface area contributed by atoms with Crippen LogP contribution in [0.5, 0.6) is 0 Å². The Morgan fingerprint density at radius 2 is 1.91 bits per heavy atom. The maximum atomic E-state index is 10.4. The monoisotopic (exact) mass is 317 g/mol. The van der Waals surface area contributed by atoms with E-state index in [1.54, 1.807) is 11.8 Å². The van der Waals surface area contributed by atoms with E-state index in [0.717, 1.165) is 29.4 Å². The number of rotatable bonds is 8. The lowest BCUT2D eigenvalue weighted by atomic mass is 10.0. The van der Waals surface area contributed by atoms with Crippen molar-refractivity contribution in [1.82, 2.24) is 14.8 Å². The number of benzene rings is 1. The average molecular weight is 317 g/mol. The average Bonchev–Trinajstić information content (AvgIpc) is 2.97. The molecule has 0 saturated heterocycles. The van der Waals surface area contributed by atoms with Gasteiger partial charge in [-0.2, -0.15) is 0 Å². The molecule has 2 aromatic rings. The van der Waals surface area contributed by atoms with E-state index in [0.29, 0.717) is 12.3 Å². The molecule has 0 unspecified atom stereocenters. The highest BCUT2D eigenvalue weighted by atomic mass is 32.2. The molecule has 1 heterocycles. The van der Waals surface area contributed by atoms with Gasteiger partial charge >= 0.3 is 0 Å². The van der Waals surface area contributed by atoms with Crippen molar-refractivity contribution in [3.8, 4) is 11.4 Å². The third-order valence-corrected chi connectivity index (χ3v) is 5.09. The van der Waals surface area contributed by atoms with Gasteiger partial charge in [-0.25, -0.2) is 0 Å². The van der Waals surface area contributed by atoms with Gasteiger partial charge in [0, 0.05) is 17.9 Å². The van der Waals surface area contributed by atoms with Gasteiger partial charge in [0.05, 0.1) is 5.60 Å². The summed E-state index contributed by atoms with van der Waals surface area (Å²) in [4.78, 5) is 0. The molecule has 4 nitrogen and oxygen atoms in total. The third-order valence-electron chi connectivity index (χ3n) is 3.85. The van der Waals surface area contributed by atoms with Crippen molar-refractivity contribution in [1.29, 1.82) is 0 Å². The molecule has 0 spiro atoms. The first kappa shape index (κ1) is 16.8. The molecule has 0 radical (unpaired) electrons. The fourth-order valence-corrected chi connectivity index (χ4v) is 3.36. The van der Waals surface area contributed by atoms with Gasteiger partial charge < -0.3 is 5.11 Å². The van der Waals surface area contributed by atoms with Gasteiger partial charge in [-0.1, -0.05) is 62.0 Å². The zero-order valence-corrected chi connectivity index (χ0v) is 14.0. The Labute approximate surface area is 136 Å². The number of aliphatic hydroxyl groups is 1. The summed E-state index contributed by atoms with van der Waals surface area (Å²) in [7, 11) is 0. The van der Waals surface area contributed by atoms with E-state index >= 15 is 0 Å². The normalized spacial score (nSPS) is 11.6. The van der Waals surface area contributed by atoms with E-state index < -0.39 is 5.60 Å². The van der Waals surface area contributed by atoms with Crippen LogP contribution in [-0.4, -0.2) is 31.2 Å². The first-order chi connectivity index (χ1) is 10.6. The predicted molar refractivity (Wildman–Crippen MR) is 91.9 cm³/mol. The second-order valence-corrected chi connectivity index (χ2v) is 6.23. The Morgan fingerprint density at radius 3 is 2.50 bits per heavy atom. The molecule has 0 bridgehead atoms. The molecule has 2 rings (SSSR count). The van der Waals surface area contributed by atoms with Gasteiger partial charge in [0.25, 0.3) is 0 Å². The molecule has 22 heavy (non-hydrogen) atoms. The van der Waals surface area contributed by atoms with Crippen LogP contribution in [0.25, 0.3) is 11.4 Å². The Balaban J connectivity index is 2.26. The standard InChI is InChI=1S/C17H23N3OS/c1-4-12-20-15(14-10-8-7-9-11-14)18-19-16(20)22-13-17(21,5-2)6-3/h4,7-11,21H,1,5-6,12-13H2,2-3H3. The molecule has 1 aromatic heterocycles. The Morgan fingerprint density at radius 1 is 1.23 bits per heavy atom. The molecule has 1 N–H and O–H groups in total. The summed E-state index contributed by atoms with van der Waals surface area (Å²) >= 11 is 1.55. The Hall–Kier alpha value is -1.59. The molecule has 0 aliphatic rings. The highest BCUT2D eigenvalue weighted by molar-refractivity contribution is 7.99. The lowest BCUT2D eigenvalue weighted by molar-refractivity contribution is 0.0571. The molecule has 0 amide bonds. The molecule has 0 fully saturated rings. The van der Waals surface area contributed by atoms with Gasteiger partial charge in [0.15, 0.2) is 11.0 Å². The molecule has 0 saturated carbocycles. The zero-order chi connectivity index (χ0) is 16.0. The highest BCUT2D eigenvalue weighted by Gasteiger charge is 2.24. The lowest BCUT2D eigenvalue weighted by Crippen LogP contribution is -2.29. The van der Waals surface area contributed by atoms with Crippen LogP contribution in [0.3, 0.4) is 0 Å². The molecule has 118 valence electrons. The summed E-state index contributed by atoms with van der Waals surface area (Å²) in [5.41, 5.74) is 0.382. The van der Waals surface area contributed by atoms with Crippen molar-refractivity contribution in [3.63, 3.8) is 0 Å². The maximum absolute atomic E-state index is 10.4. The number of thioether (sulfide) groups is 1. The van der Waals surface area contributed by atoms with Gasteiger partial charge in [-0.3, -0.25) is 4.57 Å². The Kier molecular flexibility index (Phi) is 5.80. The molecule has 0 atom stereocenters. The fourth-order valence-electron chi connectivity index (χ4n) is 2.14. The van der Waals surface area contributed by atoms with Crippen LogP contribution in [-0.2, 0) is 6.54 Å². The minimum Gasteiger partial charge on any atom is -0.389 e. The third kappa shape index (κ3) is 3.78. The number of hydrogen-bond acceptors (Lipinski definition) is 4. The van der Waals surface area contributed by atoms with Gasteiger partial charge in [0.1, 0.15) is 0 Å². The van der Waals surface area contributed by atoms with E-state index in [1.165, 1.54) is 0 Å². The second kappa shape index (κ2) is 7.61. The molecule has 0 aliphatic carbocycles. The topological polar surface area (TPSA) is 50.9 Å². The zero-order valence-electron chi connectivity index (χ0n) is 13.2. The van der Waals surface area contributed by atoms with E-state index in [4.69, 9.17) is 0 Å². The summed E-state index contributed by atoms with van der Waals surface area (Å²) < 4.78 is 2.04. The van der Waals surface area contributed by atoms with Crippen molar-refractivity contribution in [2.75, 3.05) is 5.75 Å². The van der Waals surface area contributed by atoms with E-state index in [2.05, 4.69) is 16.8 Å². The van der Waals surface area contributed by atoms with Gasteiger partial charge in [-0.15, -0.1) is 16.8 Å². The summed E-state index contributed by atoms with van der Waals surface area (Å²) in [6.45, 7) is 8.48. The number of hydrogen-bond donors (Lipinski definition) is 1. The fraction of sp³-hybridized carbons (Fsp3) is 0.412. The molecular weight excluding hydrogens is 294 g/mol.